The summed E-state index contributed by atoms with van der Waals surface area (Å²) < 4.78 is 12.5. The van der Waals surface area contributed by atoms with Gasteiger partial charge in [-0.25, -0.2) is 4.39 Å². The van der Waals surface area contributed by atoms with Crippen molar-refractivity contribution in [2.45, 2.75) is 12.8 Å². The molecule has 110 valence electrons. The Morgan fingerprint density at radius 3 is 2.05 bits per heavy atom. The fraction of sp³-hybridized carbons (Fsp3) is 0.125. The fourth-order valence-corrected chi connectivity index (χ4v) is 1.56. The lowest BCUT2D eigenvalue weighted by Crippen LogP contribution is -2.12. The molecule has 3 N–H and O–H groups in total. The molecule has 0 fully saturated rings. The molecule has 0 aliphatic rings. The van der Waals surface area contributed by atoms with Crippen LogP contribution >= 0.6 is 0 Å². The van der Waals surface area contributed by atoms with Crippen LogP contribution in [-0.2, 0) is 11.2 Å². The van der Waals surface area contributed by atoms with Gasteiger partial charge in [0.1, 0.15) is 5.82 Å². The Morgan fingerprint density at radius 1 is 1.00 bits per heavy atom. The summed E-state index contributed by atoms with van der Waals surface area (Å²) in [5, 5.41) is 8.37. The van der Waals surface area contributed by atoms with Gasteiger partial charge < -0.3 is 10.8 Å². The summed E-state index contributed by atoms with van der Waals surface area (Å²) in [4.78, 5) is 20.6. The van der Waals surface area contributed by atoms with Crippen LogP contribution < -0.4 is 5.73 Å². The minimum Gasteiger partial charge on any atom is -0.481 e. The zero-order valence-electron chi connectivity index (χ0n) is 11.3. The number of amides is 1. The molecule has 0 bridgehead atoms. The van der Waals surface area contributed by atoms with Gasteiger partial charge in [0.2, 0.25) is 0 Å². The summed E-state index contributed by atoms with van der Waals surface area (Å²) in [6.45, 7) is 0. The van der Waals surface area contributed by atoms with Gasteiger partial charge in [-0.2, -0.15) is 0 Å². The monoisotopic (exact) mass is 289 g/mol. The number of aliphatic carboxylic acids is 1. The van der Waals surface area contributed by atoms with Crippen LogP contribution in [0.4, 0.5) is 4.39 Å². The van der Waals surface area contributed by atoms with E-state index >= 15 is 0 Å². The summed E-state index contributed by atoms with van der Waals surface area (Å²) in [7, 11) is 0. The molecule has 0 aliphatic heterocycles. The van der Waals surface area contributed by atoms with Gasteiger partial charge in [-0.05, 0) is 24.1 Å². The predicted molar refractivity (Wildman–Crippen MR) is 77.3 cm³/mol. The molecule has 21 heavy (non-hydrogen) atoms. The SMILES string of the molecule is NC(=O)c1ccccc1F.O=C(O)CCc1ccccc1. The maximum Gasteiger partial charge on any atom is 0.303 e. The van der Waals surface area contributed by atoms with Crippen LogP contribution in [0.2, 0.25) is 0 Å². The highest BCUT2D eigenvalue weighted by molar-refractivity contribution is 5.92. The first-order valence-electron chi connectivity index (χ1n) is 6.30. The zero-order valence-corrected chi connectivity index (χ0v) is 11.3. The average Bonchev–Trinajstić information content (AvgIpc) is 2.47. The highest BCUT2D eigenvalue weighted by Crippen LogP contribution is 2.04. The summed E-state index contributed by atoms with van der Waals surface area (Å²) in [6, 6.07) is 15.2. The van der Waals surface area contributed by atoms with Crippen molar-refractivity contribution in [3.63, 3.8) is 0 Å². The lowest BCUT2D eigenvalue weighted by Gasteiger charge is -1.95. The quantitative estimate of drug-likeness (QED) is 0.908. The summed E-state index contributed by atoms with van der Waals surface area (Å²) >= 11 is 0. The molecular weight excluding hydrogens is 273 g/mol. The molecule has 2 rings (SSSR count). The molecule has 0 saturated heterocycles. The maximum atomic E-state index is 12.5. The van der Waals surface area contributed by atoms with Crippen LogP contribution in [0.1, 0.15) is 22.3 Å². The number of aryl methyl sites for hydroxylation is 1. The second-order valence-corrected chi connectivity index (χ2v) is 4.22. The third kappa shape index (κ3) is 6.33. The molecule has 4 nitrogen and oxygen atoms in total. The van der Waals surface area contributed by atoms with E-state index in [1.807, 2.05) is 30.3 Å². The number of hydrogen-bond acceptors (Lipinski definition) is 2. The molecule has 0 atom stereocenters. The molecule has 2 aromatic carbocycles. The Bertz CT molecular complexity index is 599. The Kier molecular flexibility index (Phi) is 6.60. The van der Waals surface area contributed by atoms with Gasteiger partial charge in [-0.1, -0.05) is 42.5 Å². The zero-order chi connectivity index (χ0) is 15.7. The molecule has 0 aliphatic carbocycles. The van der Waals surface area contributed by atoms with Crippen molar-refractivity contribution in [3.8, 4) is 0 Å². The standard InChI is InChI=1S/C9H10O2.C7H6FNO/c10-9(11)7-6-8-4-2-1-3-5-8;8-6-4-2-1-3-5(6)7(9)10/h1-5H,6-7H2,(H,10,11);1-4H,(H2,9,10). The van der Waals surface area contributed by atoms with E-state index < -0.39 is 17.7 Å². The minimum absolute atomic E-state index is 0.0671. The van der Waals surface area contributed by atoms with Gasteiger partial charge >= 0.3 is 5.97 Å². The van der Waals surface area contributed by atoms with E-state index in [2.05, 4.69) is 0 Å². The maximum absolute atomic E-state index is 12.5. The first-order chi connectivity index (χ1) is 10.0. The number of carboxylic acid groups (broad SMARTS) is 1. The van der Waals surface area contributed by atoms with Crippen molar-refractivity contribution >= 4 is 11.9 Å². The van der Waals surface area contributed by atoms with Gasteiger partial charge in [-0.3, -0.25) is 9.59 Å². The lowest BCUT2D eigenvalue weighted by atomic mass is 10.1. The molecule has 0 radical (unpaired) electrons. The summed E-state index contributed by atoms with van der Waals surface area (Å²) in [6.07, 6.45) is 0.834. The molecular formula is C16H16FNO3. The molecule has 0 heterocycles. The number of carbonyl (C=O) groups is 2. The number of benzene rings is 2. The Labute approximate surface area is 122 Å². The number of rotatable bonds is 4. The fourth-order valence-electron chi connectivity index (χ4n) is 1.56. The van der Waals surface area contributed by atoms with Crippen LogP contribution in [0.5, 0.6) is 0 Å². The molecule has 0 aromatic heterocycles. The normalized spacial score (nSPS) is 9.38. The van der Waals surface area contributed by atoms with Gasteiger partial charge in [-0.15, -0.1) is 0 Å². The van der Waals surface area contributed by atoms with Crippen molar-refractivity contribution in [1.29, 1.82) is 0 Å². The van der Waals surface area contributed by atoms with Crippen molar-refractivity contribution in [2.24, 2.45) is 5.73 Å². The number of primary amides is 1. The molecule has 0 saturated carbocycles. The number of carboxylic acids is 1. The predicted octanol–water partition coefficient (Wildman–Crippen LogP) is 2.63. The summed E-state index contributed by atoms with van der Waals surface area (Å²) in [5.41, 5.74) is 5.85. The number of hydrogen-bond donors (Lipinski definition) is 2. The first-order valence-corrected chi connectivity index (χ1v) is 6.30. The van der Waals surface area contributed by atoms with Crippen LogP contribution in [0.3, 0.4) is 0 Å². The van der Waals surface area contributed by atoms with Crippen LogP contribution in [0.25, 0.3) is 0 Å². The number of nitrogens with two attached hydrogens (primary N) is 1. The largest absolute Gasteiger partial charge is 0.481 e. The van der Waals surface area contributed by atoms with Gasteiger partial charge in [0.05, 0.1) is 5.56 Å². The van der Waals surface area contributed by atoms with Gasteiger partial charge in [0.25, 0.3) is 5.91 Å². The van der Waals surface area contributed by atoms with Gasteiger partial charge in [0.15, 0.2) is 0 Å². The second-order valence-electron chi connectivity index (χ2n) is 4.22. The topological polar surface area (TPSA) is 80.4 Å². The third-order valence-electron chi connectivity index (χ3n) is 2.61. The van der Waals surface area contributed by atoms with Gasteiger partial charge in [0, 0.05) is 6.42 Å². The summed E-state index contributed by atoms with van der Waals surface area (Å²) in [5.74, 6) is -2.05. The van der Waals surface area contributed by atoms with Crippen molar-refractivity contribution in [1.82, 2.24) is 0 Å². The van der Waals surface area contributed by atoms with E-state index in [9.17, 15) is 14.0 Å². The van der Waals surface area contributed by atoms with Crippen LogP contribution in [0.15, 0.2) is 54.6 Å². The van der Waals surface area contributed by atoms with Crippen molar-refractivity contribution < 1.29 is 19.1 Å². The van der Waals surface area contributed by atoms with E-state index in [0.29, 0.717) is 6.42 Å². The van der Waals surface area contributed by atoms with Crippen LogP contribution in [-0.4, -0.2) is 17.0 Å². The van der Waals surface area contributed by atoms with E-state index in [1.165, 1.54) is 18.2 Å². The molecule has 1 amide bonds. The average molecular weight is 289 g/mol. The molecule has 5 heteroatoms. The van der Waals surface area contributed by atoms with Crippen LogP contribution in [0, 0.1) is 5.82 Å². The smallest absolute Gasteiger partial charge is 0.303 e. The highest BCUT2D eigenvalue weighted by atomic mass is 19.1. The third-order valence-corrected chi connectivity index (χ3v) is 2.61. The van der Waals surface area contributed by atoms with Crippen molar-refractivity contribution in [3.05, 3.63) is 71.5 Å². The van der Waals surface area contributed by atoms with E-state index in [4.69, 9.17) is 10.8 Å². The Balaban J connectivity index is 0.000000211. The van der Waals surface area contributed by atoms with Crippen molar-refractivity contribution in [2.75, 3.05) is 0 Å². The molecule has 0 unspecified atom stereocenters. The first kappa shape index (κ1) is 16.4. The second kappa shape index (κ2) is 8.47. The lowest BCUT2D eigenvalue weighted by molar-refractivity contribution is -0.136. The number of halogens is 1. The minimum atomic E-state index is -0.742. The Hall–Kier alpha value is -2.69. The molecule has 0 spiro atoms. The number of carbonyl (C=O) groups excluding carboxylic acids is 1. The van der Waals surface area contributed by atoms with E-state index in [0.717, 1.165) is 5.56 Å². The highest BCUT2D eigenvalue weighted by Gasteiger charge is 2.04. The van der Waals surface area contributed by atoms with E-state index in [1.54, 1.807) is 6.07 Å². The Morgan fingerprint density at radius 2 is 1.57 bits per heavy atom. The molecule has 2 aromatic rings. The van der Waals surface area contributed by atoms with E-state index in [-0.39, 0.29) is 12.0 Å².